The Kier molecular flexibility index (Phi) is 8.73. The van der Waals surface area contributed by atoms with E-state index < -0.39 is 0 Å². The van der Waals surface area contributed by atoms with Gasteiger partial charge in [-0.1, -0.05) is 20.8 Å². The molecule has 0 saturated carbocycles. The Balaban J connectivity index is 1.43. The topological polar surface area (TPSA) is 64.6 Å². The second-order valence-electron chi connectivity index (χ2n) is 9.26. The van der Waals surface area contributed by atoms with Gasteiger partial charge in [0.2, 0.25) is 5.91 Å². The molecule has 1 aromatic rings. The van der Waals surface area contributed by atoms with Gasteiger partial charge in [0.1, 0.15) is 18.0 Å². The first-order valence-electron chi connectivity index (χ1n) is 11.9. The number of hydrogen-bond acceptors (Lipinski definition) is 6. The number of hydrogen-bond donors (Lipinski definition) is 1. The van der Waals surface area contributed by atoms with Crippen molar-refractivity contribution < 1.29 is 4.79 Å². The summed E-state index contributed by atoms with van der Waals surface area (Å²) < 4.78 is 0. The number of aromatic nitrogens is 2. The first-order valence-corrected chi connectivity index (χ1v) is 11.9. The molecule has 3 heterocycles. The lowest BCUT2D eigenvalue weighted by molar-refractivity contribution is -0.133. The van der Waals surface area contributed by atoms with Crippen LogP contribution in [0.15, 0.2) is 12.4 Å². The van der Waals surface area contributed by atoms with Crippen LogP contribution in [0.1, 0.15) is 52.9 Å². The average Bonchev–Trinajstić information content (AvgIpc) is 2.76. The van der Waals surface area contributed by atoms with Crippen LogP contribution in [0.2, 0.25) is 0 Å². The van der Waals surface area contributed by atoms with Crippen molar-refractivity contribution in [1.29, 1.82) is 0 Å². The zero-order valence-corrected chi connectivity index (χ0v) is 19.1. The highest BCUT2D eigenvalue weighted by molar-refractivity contribution is 5.76. The molecule has 1 atom stereocenters. The molecule has 0 aliphatic carbocycles. The van der Waals surface area contributed by atoms with Crippen molar-refractivity contribution in [3.63, 3.8) is 0 Å². The van der Waals surface area contributed by atoms with Gasteiger partial charge in [0.25, 0.3) is 0 Å². The number of amides is 1. The molecule has 2 aliphatic rings. The largest absolute Gasteiger partial charge is 0.370 e. The third-order valence-electron chi connectivity index (χ3n) is 6.17. The van der Waals surface area contributed by atoms with Crippen LogP contribution in [0.4, 0.5) is 11.6 Å². The van der Waals surface area contributed by atoms with Crippen molar-refractivity contribution in [2.24, 2.45) is 11.8 Å². The Morgan fingerprint density at radius 1 is 1.20 bits per heavy atom. The molecule has 2 fully saturated rings. The maximum absolute atomic E-state index is 12.7. The smallest absolute Gasteiger partial charge is 0.222 e. The molecule has 7 nitrogen and oxygen atoms in total. The third kappa shape index (κ3) is 6.83. The van der Waals surface area contributed by atoms with Crippen LogP contribution in [0, 0.1) is 11.8 Å². The van der Waals surface area contributed by atoms with Crippen molar-refractivity contribution in [1.82, 2.24) is 19.8 Å². The minimum absolute atomic E-state index is 0.337. The van der Waals surface area contributed by atoms with Crippen LogP contribution in [-0.4, -0.2) is 78.0 Å². The summed E-state index contributed by atoms with van der Waals surface area (Å²) in [7, 11) is 0. The van der Waals surface area contributed by atoms with E-state index in [0.29, 0.717) is 24.2 Å². The van der Waals surface area contributed by atoms with Gasteiger partial charge in [0.05, 0.1) is 0 Å². The Bertz CT molecular complexity index is 659. The van der Waals surface area contributed by atoms with Gasteiger partial charge in [0.15, 0.2) is 0 Å². The van der Waals surface area contributed by atoms with Crippen LogP contribution in [0.3, 0.4) is 0 Å². The quantitative estimate of drug-likeness (QED) is 0.667. The second kappa shape index (κ2) is 11.5. The monoisotopic (exact) mass is 416 g/mol. The molecule has 3 rings (SSSR count). The molecule has 7 heteroatoms. The Labute approximate surface area is 182 Å². The lowest BCUT2D eigenvalue weighted by Gasteiger charge is -2.36. The molecule has 0 radical (unpaired) electrons. The fourth-order valence-electron chi connectivity index (χ4n) is 4.56. The van der Waals surface area contributed by atoms with Gasteiger partial charge in [-0.15, -0.1) is 0 Å². The van der Waals surface area contributed by atoms with E-state index in [1.165, 1.54) is 6.42 Å². The van der Waals surface area contributed by atoms with Crippen molar-refractivity contribution >= 4 is 17.5 Å². The zero-order valence-electron chi connectivity index (χ0n) is 19.1. The van der Waals surface area contributed by atoms with Crippen molar-refractivity contribution in [2.45, 2.75) is 52.9 Å². The second-order valence-corrected chi connectivity index (χ2v) is 9.26. The average molecular weight is 417 g/mol. The highest BCUT2D eigenvalue weighted by Gasteiger charge is 2.25. The molecule has 2 aliphatic heterocycles. The Hall–Kier alpha value is -1.89. The number of carbonyl (C=O) groups is 1. The predicted octanol–water partition coefficient (Wildman–Crippen LogP) is 3.10. The number of anilines is 2. The summed E-state index contributed by atoms with van der Waals surface area (Å²) in [6.45, 7) is 14.6. The summed E-state index contributed by atoms with van der Waals surface area (Å²) in [6.07, 6.45) is 6.75. The van der Waals surface area contributed by atoms with Crippen molar-refractivity contribution in [3.05, 3.63) is 12.4 Å². The van der Waals surface area contributed by atoms with E-state index in [4.69, 9.17) is 0 Å². The number of nitrogens with zero attached hydrogens (tertiary/aromatic N) is 5. The van der Waals surface area contributed by atoms with Gasteiger partial charge in [-0.05, 0) is 37.5 Å². The summed E-state index contributed by atoms with van der Waals surface area (Å²) in [5.41, 5.74) is 0. The SMILES string of the molecule is CCCNc1cc(N2CCCC(CCC(=O)N3CCN(CC(C)C)CC3)C2)ncn1. The normalized spacial score (nSPS) is 20.6. The van der Waals surface area contributed by atoms with E-state index in [1.807, 2.05) is 0 Å². The summed E-state index contributed by atoms with van der Waals surface area (Å²) in [4.78, 5) is 28.5. The van der Waals surface area contributed by atoms with Crippen LogP contribution >= 0.6 is 0 Å². The molecule has 2 saturated heterocycles. The summed E-state index contributed by atoms with van der Waals surface area (Å²) in [5.74, 6) is 3.49. The molecular formula is C23H40N6O. The van der Waals surface area contributed by atoms with E-state index in [1.54, 1.807) is 6.33 Å². The molecule has 0 spiro atoms. The number of piperidine rings is 1. The summed E-state index contributed by atoms with van der Waals surface area (Å²) in [6, 6.07) is 2.06. The van der Waals surface area contributed by atoms with Crippen LogP contribution in [-0.2, 0) is 4.79 Å². The van der Waals surface area contributed by atoms with Gasteiger partial charge in [-0.2, -0.15) is 0 Å². The van der Waals surface area contributed by atoms with E-state index in [2.05, 4.69) is 56.8 Å². The summed E-state index contributed by atoms with van der Waals surface area (Å²) in [5, 5.41) is 3.34. The number of rotatable bonds is 9. The van der Waals surface area contributed by atoms with Crippen LogP contribution in [0.5, 0.6) is 0 Å². The van der Waals surface area contributed by atoms with E-state index in [-0.39, 0.29) is 0 Å². The molecule has 30 heavy (non-hydrogen) atoms. The number of carbonyl (C=O) groups excluding carboxylic acids is 1. The molecule has 0 bridgehead atoms. The summed E-state index contributed by atoms with van der Waals surface area (Å²) >= 11 is 0. The fraction of sp³-hybridized carbons (Fsp3) is 0.783. The van der Waals surface area contributed by atoms with Crippen LogP contribution in [0.25, 0.3) is 0 Å². The van der Waals surface area contributed by atoms with Gasteiger partial charge < -0.3 is 15.1 Å². The van der Waals surface area contributed by atoms with Crippen molar-refractivity contribution in [2.75, 3.05) is 62.6 Å². The standard InChI is InChI=1S/C23H40N6O/c1-4-9-24-21-15-22(26-18-25-21)29-10-5-6-20(17-29)7-8-23(30)28-13-11-27(12-14-28)16-19(2)3/h15,18-20H,4-14,16-17H2,1-3H3,(H,24,25,26). The van der Waals surface area contributed by atoms with Crippen molar-refractivity contribution in [3.8, 4) is 0 Å². The first kappa shape index (κ1) is 22.8. The molecule has 1 aromatic heterocycles. The minimum Gasteiger partial charge on any atom is -0.370 e. The minimum atomic E-state index is 0.337. The fourth-order valence-corrected chi connectivity index (χ4v) is 4.56. The first-order chi connectivity index (χ1) is 14.5. The van der Waals surface area contributed by atoms with E-state index in [9.17, 15) is 4.79 Å². The van der Waals surface area contributed by atoms with E-state index >= 15 is 0 Å². The Morgan fingerprint density at radius 2 is 2.00 bits per heavy atom. The van der Waals surface area contributed by atoms with Gasteiger partial charge in [-0.25, -0.2) is 9.97 Å². The molecule has 1 amide bonds. The lowest BCUT2D eigenvalue weighted by atomic mass is 9.93. The Morgan fingerprint density at radius 3 is 2.73 bits per heavy atom. The maximum atomic E-state index is 12.7. The molecule has 1 N–H and O–H groups in total. The van der Waals surface area contributed by atoms with Gasteiger partial charge >= 0.3 is 0 Å². The number of nitrogens with one attached hydrogen (secondary N) is 1. The molecular weight excluding hydrogens is 376 g/mol. The molecule has 1 unspecified atom stereocenters. The van der Waals surface area contributed by atoms with Crippen LogP contribution < -0.4 is 10.2 Å². The predicted molar refractivity (Wildman–Crippen MR) is 123 cm³/mol. The molecule has 168 valence electrons. The van der Waals surface area contributed by atoms with E-state index in [0.717, 1.165) is 83.3 Å². The highest BCUT2D eigenvalue weighted by Crippen LogP contribution is 2.26. The number of piperazine rings is 1. The third-order valence-corrected chi connectivity index (χ3v) is 6.17. The zero-order chi connectivity index (χ0) is 21.3. The van der Waals surface area contributed by atoms with Gasteiger partial charge in [0, 0.05) is 64.8 Å². The maximum Gasteiger partial charge on any atom is 0.222 e. The highest BCUT2D eigenvalue weighted by atomic mass is 16.2. The molecule has 0 aromatic carbocycles. The van der Waals surface area contributed by atoms with Gasteiger partial charge in [-0.3, -0.25) is 9.69 Å². The lowest BCUT2D eigenvalue weighted by Crippen LogP contribution is -2.49.